The Morgan fingerprint density at radius 1 is 1.35 bits per heavy atom. The summed E-state index contributed by atoms with van der Waals surface area (Å²) in [5, 5.41) is 8.14. The third-order valence-electron chi connectivity index (χ3n) is 4.06. The number of nitrogens with zero attached hydrogens (tertiary/aromatic N) is 3. The van der Waals surface area contributed by atoms with E-state index >= 15 is 0 Å². The Hall–Kier alpha value is -0.900. The van der Waals surface area contributed by atoms with Crippen LogP contribution in [0.5, 0.6) is 0 Å². The fourth-order valence-corrected chi connectivity index (χ4v) is 3.05. The van der Waals surface area contributed by atoms with Gasteiger partial charge >= 0.3 is 0 Å². The molecule has 4 nitrogen and oxygen atoms in total. The fourth-order valence-electron chi connectivity index (χ4n) is 3.05. The second kappa shape index (κ2) is 4.77. The van der Waals surface area contributed by atoms with E-state index in [0.717, 1.165) is 31.3 Å². The zero-order valence-electron chi connectivity index (χ0n) is 10.7. The van der Waals surface area contributed by atoms with E-state index in [1.807, 2.05) is 0 Å². The number of nitrogens with one attached hydrogen (secondary N) is 1. The summed E-state index contributed by atoms with van der Waals surface area (Å²) in [5.41, 5.74) is 0. The standard InChI is InChI=1S/C13H22N4/c1-10-4-3-7-17-13(10)15-12(16-17)8-11-5-2-6-14-9-11/h10-11,14H,2-9H2,1H3. The maximum atomic E-state index is 4.75. The van der Waals surface area contributed by atoms with E-state index in [1.54, 1.807) is 0 Å². The van der Waals surface area contributed by atoms with Crippen LogP contribution in [0.4, 0.5) is 0 Å². The second-order valence-corrected chi connectivity index (χ2v) is 5.57. The van der Waals surface area contributed by atoms with Crippen molar-refractivity contribution in [2.75, 3.05) is 13.1 Å². The maximum Gasteiger partial charge on any atom is 0.151 e. The SMILES string of the molecule is CC1CCCn2nc(CC3CCCNC3)nc21. The van der Waals surface area contributed by atoms with E-state index in [4.69, 9.17) is 4.98 Å². The van der Waals surface area contributed by atoms with Gasteiger partial charge in [0, 0.05) is 18.9 Å². The molecular weight excluding hydrogens is 212 g/mol. The average molecular weight is 234 g/mol. The van der Waals surface area contributed by atoms with Gasteiger partial charge in [-0.2, -0.15) is 5.10 Å². The molecule has 0 saturated carbocycles. The average Bonchev–Trinajstić information content (AvgIpc) is 2.74. The van der Waals surface area contributed by atoms with Crippen molar-refractivity contribution in [3.63, 3.8) is 0 Å². The first-order valence-corrected chi connectivity index (χ1v) is 6.97. The molecule has 1 N–H and O–H groups in total. The lowest BCUT2D eigenvalue weighted by Gasteiger charge is -2.21. The lowest BCUT2D eigenvalue weighted by atomic mass is 9.96. The van der Waals surface area contributed by atoms with Crippen molar-refractivity contribution < 1.29 is 0 Å². The van der Waals surface area contributed by atoms with Gasteiger partial charge in [-0.25, -0.2) is 9.67 Å². The molecule has 3 heterocycles. The Morgan fingerprint density at radius 2 is 2.29 bits per heavy atom. The highest BCUT2D eigenvalue weighted by Crippen LogP contribution is 2.25. The van der Waals surface area contributed by atoms with Crippen molar-refractivity contribution in [2.45, 2.75) is 51.5 Å². The number of fused-ring (bicyclic) bond motifs is 1. The van der Waals surface area contributed by atoms with Crippen molar-refractivity contribution in [3.05, 3.63) is 11.6 Å². The molecule has 4 heteroatoms. The minimum Gasteiger partial charge on any atom is -0.316 e. The van der Waals surface area contributed by atoms with Gasteiger partial charge in [0.25, 0.3) is 0 Å². The van der Waals surface area contributed by atoms with E-state index in [0.29, 0.717) is 5.92 Å². The summed E-state index contributed by atoms with van der Waals surface area (Å²) in [6, 6.07) is 0. The molecule has 3 rings (SSSR count). The highest BCUT2D eigenvalue weighted by molar-refractivity contribution is 5.02. The largest absolute Gasteiger partial charge is 0.316 e. The van der Waals surface area contributed by atoms with Gasteiger partial charge in [0.1, 0.15) is 5.82 Å². The summed E-state index contributed by atoms with van der Waals surface area (Å²) < 4.78 is 2.14. The van der Waals surface area contributed by atoms with Crippen LogP contribution in [-0.2, 0) is 13.0 Å². The van der Waals surface area contributed by atoms with Gasteiger partial charge in [-0.3, -0.25) is 0 Å². The highest BCUT2D eigenvalue weighted by atomic mass is 15.4. The third-order valence-corrected chi connectivity index (χ3v) is 4.06. The summed E-state index contributed by atoms with van der Waals surface area (Å²) in [6.07, 6.45) is 6.20. The normalized spacial score (nSPS) is 29.0. The van der Waals surface area contributed by atoms with Gasteiger partial charge in [0.15, 0.2) is 5.82 Å². The van der Waals surface area contributed by atoms with Gasteiger partial charge in [-0.05, 0) is 44.7 Å². The third kappa shape index (κ3) is 2.37. The number of aromatic nitrogens is 3. The molecule has 0 aromatic carbocycles. The molecular formula is C13H22N4. The van der Waals surface area contributed by atoms with Crippen LogP contribution in [0.1, 0.15) is 50.2 Å². The Kier molecular flexibility index (Phi) is 3.14. The molecule has 1 aromatic heterocycles. The first-order chi connectivity index (χ1) is 8.33. The van der Waals surface area contributed by atoms with Crippen molar-refractivity contribution in [3.8, 4) is 0 Å². The first kappa shape index (κ1) is 11.2. The molecule has 2 unspecified atom stereocenters. The maximum absolute atomic E-state index is 4.75. The van der Waals surface area contributed by atoms with E-state index < -0.39 is 0 Å². The monoisotopic (exact) mass is 234 g/mol. The lowest BCUT2D eigenvalue weighted by Crippen LogP contribution is -2.31. The summed E-state index contributed by atoms with van der Waals surface area (Å²) in [4.78, 5) is 4.75. The molecule has 2 atom stereocenters. The molecule has 0 amide bonds. The summed E-state index contributed by atoms with van der Waals surface area (Å²) >= 11 is 0. The number of hydrogen-bond acceptors (Lipinski definition) is 3. The Labute approximate surface area is 103 Å². The predicted molar refractivity (Wildman–Crippen MR) is 67.0 cm³/mol. The number of hydrogen-bond donors (Lipinski definition) is 1. The molecule has 0 bridgehead atoms. The van der Waals surface area contributed by atoms with Gasteiger partial charge < -0.3 is 5.32 Å². The van der Waals surface area contributed by atoms with Crippen LogP contribution < -0.4 is 5.32 Å². The van der Waals surface area contributed by atoms with Crippen molar-refractivity contribution in [1.82, 2.24) is 20.1 Å². The fraction of sp³-hybridized carbons (Fsp3) is 0.846. The lowest BCUT2D eigenvalue weighted by molar-refractivity contribution is 0.369. The molecule has 2 aliphatic rings. The van der Waals surface area contributed by atoms with Crippen LogP contribution in [0.2, 0.25) is 0 Å². The van der Waals surface area contributed by atoms with Crippen molar-refractivity contribution >= 4 is 0 Å². The van der Waals surface area contributed by atoms with Crippen LogP contribution in [-0.4, -0.2) is 27.9 Å². The molecule has 94 valence electrons. The highest BCUT2D eigenvalue weighted by Gasteiger charge is 2.22. The van der Waals surface area contributed by atoms with E-state index in [2.05, 4.69) is 22.0 Å². The quantitative estimate of drug-likeness (QED) is 0.847. The van der Waals surface area contributed by atoms with Gasteiger partial charge in [0.2, 0.25) is 0 Å². The molecule has 0 aliphatic carbocycles. The summed E-state index contributed by atoms with van der Waals surface area (Å²) in [7, 11) is 0. The Bertz CT molecular complexity index is 379. The topological polar surface area (TPSA) is 42.7 Å². The molecule has 1 aromatic rings. The first-order valence-electron chi connectivity index (χ1n) is 6.97. The number of piperidine rings is 1. The van der Waals surface area contributed by atoms with Gasteiger partial charge in [-0.1, -0.05) is 6.92 Å². The molecule has 2 aliphatic heterocycles. The smallest absolute Gasteiger partial charge is 0.151 e. The zero-order chi connectivity index (χ0) is 11.7. The van der Waals surface area contributed by atoms with Crippen LogP contribution >= 0.6 is 0 Å². The summed E-state index contributed by atoms with van der Waals surface area (Å²) in [6.45, 7) is 5.65. The zero-order valence-corrected chi connectivity index (χ0v) is 10.7. The predicted octanol–water partition coefficient (Wildman–Crippen LogP) is 1.72. The molecule has 1 fully saturated rings. The molecule has 0 spiro atoms. The van der Waals surface area contributed by atoms with Crippen LogP contribution in [0, 0.1) is 5.92 Å². The van der Waals surface area contributed by atoms with Crippen LogP contribution in [0.25, 0.3) is 0 Å². The minimum absolute atomic E-state index is 0.592. The molecule has 1 saturated heterocycles. The van der Waals surface area contributed by atoms with E-state index in [-0.39, 0.29) is 0 Å². The second-order valence-electron chi connectivity index (χ2n) is 5.57. The van der Waals surface area contributed by atoms with Gasteiger partial charge in [-0.15, -0.1) is 0 Å². The Morgan fingerprint density at radius 3 is 3.06 bits per heavy atom. The van der Waals surface area contributed by atoms with Crippen LogP contribution in [0.3, 0.4) is 0 Å². The van der Waals surface area contributed by atoms with Crippen molar-refractivity contribution in [1.29, 1.82) is 0 Å². The van der Waals surface area contributed by atoms with E-state index in [1.165, 1.54) is 38.1 Å². The molecule has 17 heavy (non-hydrogen) atoms. The minimum atomic E-state index is 0.592. The van der Waals surface area contributed by atoms with Gasteiger partial charge in [0.05, 0.1) is 0 Å². The summed E-state index contributed by atoms with van der Waals surface area (Å²) in [5.74, 6) is 3.62. The van der Waals surface area contributed by atoms with Crippen LogP contribution in [0.15, 0.2) is 0 Å². The number of aryl methyl sites for hydroxylation is 1. The molecule has 0 radical (unpaired) electrons. The Balaban J connectivity index is 1.71. The van der Waals surface area contributed by atoms with Crippen molar-refractivity contribution in [2.24, 2.45) is 5.92 Å². The van der Waals surface area contributed by atoms with E-state index in [9.17, 15) is 0 Å². The number of rotatable bonds is 2.